The standard InChI is InChI=1S/C28H27ClN4O4/c1-2-32-17-22(24(18-8-4-3-5-9-18)19-10-6-12-21(29)14-19)33-25(27(32)35)26(23(34)16-31-33)37-28(36)20-11-7-13-30-15-20/h3-16,22-26,34H,2,17H2,1H3/t22?,23-,24?,25?,26?/m1/s1. The summed E-state index contributed by atoms with van der Waals surface area (Å²) < 4.78 is 5.75. The first-order chi connectivity index (χ1) is 18.0. The second-order valence-electron chi connectivity index (χ2n) is 9.08. The number of halogens is 1. The smallest absolute Gasteiger partial charge is 0.340 e. The second kappa shape index (κ2) is 10.7. The molecule has 1 aromatic heterocycles. The highest BCUT2D eigenvalue weighted by Crippen LogP contribution is 2.38. The molecule has 8 nitrogen and oxygen atoms in total. The minimum Gasteiger partial charge on any atom is -0.453 e. The molecule has 0 bridgehead atoms. The predicted octanol–water partition coefficient (Wildman–Crippen LogP) is 3.35. The van der Waals surface area contributed by atoms with Crippen molar-refractivity contribution in [1.29, 1.82) is 0 Å². The third kappa shape index (κ3) is 4.95. The number of amides is 1. The fourth-order valence-corrected chi connectivity index (χ4v) is 5.32. The molecule has 2 aliphatic rings. The number of hydrogen-bond acceptors (Lipinski definition) is 7. The summed E-state index contributed by atoms with van der Waals surface area (Å²) in [5.41, 5.74) is 2.24. The van der Waals surface area contributed by atoms with E-state index in [0.29, 0.717) is 18.1 Å². The lowest BCUT2D eigenvalue weighted by molar-refractivity contribution is -0.157. The minimum absolute atomic E-state index is 0.202. The topological polar surface area (TPSA) is 95.3 Å². The quantitative estimate of drug-likeness (QED) is 0.503. The summed E-state index contributed by atoms with van der Waals surface area (Å²) in [5.74, 6) is -1.12. The van der Waals surface area contributed by atoms with E-state index < -0.39 is 24.2 Å². The number of ether oxygens (including phenoxy) is 1. The van der Waals surface area contributed by atoms with Gasteiger partial charge in [-0.25, -0.2) is 4.79 Å². The van der Waals surface area contributed by atoms with Gasteiger partial charge in [0.05, 0.1) is 17.8 Å². The number of benzene rings is 2. The Kier molecular flexibility index (Phi) is 7.21. The van der Waals surface area contributed by atoms with Gasteiger partial charge >= 0.3 is 5.97 Å². The van der Waals surface area contributed by atoms with Crippen LogP contribution in [0.5, 0.6) is 0 Å². The van der Waals surface area contributed by atoms with Gasteiger partial charge in [0.1, 0.15) is 6.10 Å². The molecule has 5 atom stereocenters. The van der Waals surface area contributed by atoms with Crippen LogP contribution >= 0.6 is 11.6 Å². The van der Waals surface area contributed by atoms with E-state index in [-0.39, 0.29) is 23.4 Å². The fourth-order valence-electron chi connectivity index (χ4n) is 5.12. The zero-order chi connectivity index (χ0) is 25.9. The Morgan fingerprint density at radius 3 is 2.62 bits per heavy atom. The molecule has 3 heterocycles. The van der Waals surface area contributed by atoms with Crippen molar-refractivity contribution in [2.45, 2.75) is 37.1 Å². The molecule has 4 unspecified atom stereocenters. The van der Waals surface area contributed by atoms with E-state index in [4.69, 9.17) is 16.3 Å². The summed E-state index contributed by atoms with van der Waals surface area (Å²) in [7, 11) is 0. The molecule has 37 heavy (non-hydrogen) atoms. The number of fused-ring (bicyclic) bond motifs is 1. The molecule has 0 saturated carbocycles. The van der Waals surface area contributed by atoms with E-state index in [1.54, 1.807) is 28.2 Å². The highest BCUT2D eigenvalue weighted by atomic mass is 35.5. The molecule has 2 aliphatic heterocycles. The van der Waals surface area contributed by atoms with Crippen LogP contribution in [-0.4, -0.2) is 75.5 Å². The number of aliphatic hydroxyl groups excluding tert-OH is 1. The van der Waals surface area contributed by atoms with Crippen molar-refractivity contribution in [3.8, 4) is 0 Å². The Bertz CT molecular complexity index is 1290. The molecule has 1 N–H and O–H groups in total. The van der Waals surface area contributed by atoms with Crippen LogP contribution in [0.25, 0.3) is 0 Å². The molecule has 3 aromatic rings. The second-order valence-corrected chi connectivity index (χ2v) is 9.52. The SMILES string of the molecule is CCN1CC(C(c2ccccc2)c2cccc(Cl)c2)N2N=C[C@@H](O)C(OC(=O)c3cccnc3)C2C1=O. The van der Waals surface area contributed by atoms with Crippen LogP contribution in [0.2, 0.25) is 5.02 Å². The first-order valence-corrected chi connectivity index (χ1v) is 12.6. The number of piperazine rings is 1. The highest BCUT2D eigenvalue weighted by molar-refractivity contribution is 6.30. The van der Waals surface area contributed by atoms with E-state index in [1.165, 1.54) is 12.4 Å². The summed E-state index contributed by atoms with van der Waals surface area (Å²) in [4.78, 5) is 32.2. The van der Waals surface area contributed by atoms with E-state index in [0.717, 1.165) is 11.1 Å². The molecule has 9 heteroatoms. The molecule has 1 amide bonds. The largest absolute Gasteiger partial charge is 0.453 e. The molecule has 0 aliphatic carbocycles. The van der Waals surface area contributed by atoms with Crippen molar-refractivity contribution < 1.29 is 19.4 Å². The average molecular weight is 519 g/mol. The van der Waals surface area contributed by atoms with Crippen molar-refractivity contribution in [2.75, 3.05) is 13.1 Å². The first-order valence-electron chi connectivity index (χ1n) is 12.2. The maximum Gasteiger partial charge on any atom is 0.340 e. The van der Waals surface area contributed by atoms with Gasteiger partial charge in [-0.2, -0.15) is 5.10 Å². The number of aliphatic hydroxyl groups is 1. The van der Waals surface area contributed by atoms with Gasteiger partial charge in [-0.15, -0.1) is 0 Å². The number of nitrogens with zero attached hydrogens (tertiary/aromatic N) is 4. The molecular formula is C28H27ClN4O4. The maximum atomic E-state index is 13.6. The number of rotatable bonds is 6. The van der Waals surface area contributed by atoms with Crippen LogP contribution in [0.1, 0.15) is 34.3 Å². The van der Waals surface area contributed by atoms with Crippen molar-refractivity contribution in [1.82, 2.24) is 14.9 Å². The van der Waals surface area contributed by atoms with Gasteiger partial charge in [-0.1, -0.05) is 54.1 Å². The van der Waals surface area contributed by atoms with Gasteiger partial charge in [0.15, 0.2) is 12.1 Å². The molecule has 5 rings (SSSR count). The number of likely N-dealkylation sites (N-methyl/N-ethyl adjacent to an activating group) is 1. The number of hydrogen-bond donors (Lipinski definition) is 1. The van der Waals surface area contributed by atoms with Crippen molar-refractivity contribution in [3.05, 3.63) is 101 Å². The minimum atomic E-state index is -1.25. The van der Waals surface area contributed by atoms with Gasteiger partial charge in [-0.3, -0.25) is 14.8 Å². The number of pyridine rings is 1. The zero-order valence-electron chi connectivity index (χ0n) is 20.2. The number of carbonyl (C=O) groups is 2. The van der Waals surface area contributed by atoms with Crippen LogP contribution in [0.4, 0.5) is 0 Å². The van der Waals surface area contributed by atoms with Crippen molar-refractivity contribution >= 4 is 29.7 Å². The number of carbonyl (C=O) groups excluding carboxylic acids is 2. The Hall–Kier alpha value is -3.75. The van der Waals surface area contributed by atoms with Crippen LogP contribution in [0.15, 0.2) is 84.2 Å². The zero-order valence-corrected chi connectivity index (χ0v) is 21.0. The van der Waals surface area contributed by atoms with E-state index in [9.17, 15) is 14.7 Å². The van der Waals surface area contributed by atoms with E-state index in [1.807, 2.05) is 61.5 Å². The van der Waals surface area contributed by atoms with Crippen LogP contribution in [-0.2, 0) is 9.53 Å². The molecule has 2 aromatic carbocycles. The lowest BCUT2D eigenvalue weighted by atomic mass is 9.81. The van der Waals surface area contributed by atoms with E-state index >= 15 is 0 Å². The third-order valence-corrected chi connectivity index (χ3v) is 7.11. The normalized spacial score (nSPS) is 23.9. The predicted molar refractivity (Wildman–Crippen MR) is 139 cm³/mol. The Balaban J connectivity index is 1.57. The van der Waals surface area contributed by atoms with Gasteiger partial charge in [-0.05, 0) is 42.3 Å². The summed E-state index contributed by atoms with van der Waals surface area (Å²) >= 11 is 6.39. The summed E-state index contributed by atoms with van der Waals surface area (Å²) in [5, 5.41) is 17.7. The van der Waals surface area contributed by atoms with Gasteiger partial charge in [0, 0.05) is 36.4 Å². The molecule has 190 valence electrons. The van der Waals surface area contributed by atoms with Crippen molar-refractivity contribution in [3.63, 3.8) is 0 Å². The Morgan fingerprint density at radius 1 is 1.14 bits per heavy atom. The lowest BCUT2D eigenvalue weighted by Crippen LogP contribution is -2.68. The summed E-state index contributed by atoms with van der Waals surface area (Å²) in [6.07, 6.45) is 1.88. The Labute approximate surface area is 220 Å². The summed E-state index contributed by atoms with van der Waals surface area (Å²) in [6, 6.07) is 19.5. The monoisotopic (exact) mass is 518 g/mol. The van der Waals surface area contributed by atoms with Crippen LogP contribution < -0.4 is 0 Å². The molecule has 0 spiro atoms. The maximum absolute atomic E-state index is 13.6. The van der Waals surface area contributed by atoms with Crippen LogP contribution in [0.3, 0.4) is 0 Å². The number of aromatic nitrogens is 1. The molecule has 1 fully saturated rings. The average Bonchev–Trinajstić information content (AvgIpc) is 2.92. The number of hydrazone groups is 1. The van der Waals surface area contributed by atoms with Gasteiger partial charge in [0.2, 0.25) is 0 Å². The van der Waals surface area contributed by atoms with Crippen LogP contribution in [0, 0.1) is 0 Å². The van der Waals surface area contributed by atoms with E-state index in [2.05, 4.69) is 10.1 Å². The number of esters is 1. The fraction of sp³-hybridized carbons (Fsp3) is 0.286. The molecular weight excluding hydrogens is 492 g/mol. The van der Waals surface area contributed by atoms with Crippen molar-refractivity contribution in [2.24, 2.45) is 5.10 Å². The van der Waals surface area contributed by atoms with Gasteiger partial charge in [0.25, 0.3) is 5.91 Å². The Morgan fingerprint density at radius 2 is 1.92 bits per heavy atom. The molecule has 0 radical (unpaired) electrons. The molecule has 1 saturated heterocycles. The lowest BCUT2D eigenvalue weighted by Gasteiger charge is -2.50. The first kappa shape index (κ1) is 24.9. The highest BCUT2D eigenvalue weighted by Gasteiger charge is 2.52. The third-order valence-electron chi connectivity index (χ3n) is 6.87. The summed E-state index contributed by atoms with van der Waals surface area (Å²) in [6.45, 7) is 2.76. The van der Waals surface area contributed by atoms with Gasteiger partial charge < -0.3 is 14.7 Å².